The lowest BCUT2D eigenvalue weighted by atomic mass is 10.1. The zero-order valence-corrected chi connectivity index (χ0v) is 16.4. The van der Waals surface area contributed by atoms with E-state index in [4.69, 9.17) is 0 Å². The smallest absolute Gasteiger partial charge is 0.256 e. The van der Waals surface area contributed by atoms with Crippen molar-refractivity contribution in [1.82, 2.24) is 15.0 Å². The quantitative estimate of drug-likeness (QED) is 0.702. The first kappa shape index (κ1) is 18.6. The largest absolute Gasteiger partial charge is 0.325 e. The van der Waals surface area contributed by atoms with Crippen LogP contribution in [-0.2, 0) is 11.8 Å². The Bertz CT molecular complexity index is 1130. The maximum atomic E-state index is 12.8. The third kappa shape index (κ3) is 3.80. The van der Waals surface area contributed by atoms with Crippen LogP contribution < -0.4 is 10.6 Å². The Morgan fingerprint density at radius 1 is 1.03 bits per heavy atom. The Kier molecular flexibility index (Phi) is 4.72. The lowest BCUT2D eigenvalue weighted by Crippen LogP contribution is -2.18. The highest BCUT2D eigenvalue weighted by Crippen LogP contribution is 2.47. The van der Waals surface area contributed by atoms with Crippen molar-refractivity contribution in [2.24, 2.45) is 13.0 Å². The molecule has 1 aromatic heterocycles. The minimum Gasteiger partial charge on any atom is -0.325 e. The fourth-order valence-electron chi connectivity index (χ4n) is 3.37. The first-order valence-corrected chi connectivity index (χ1v) is 9.29. The van der Waals surface area contributed by atoms with E-state index in [2.05, 4.69) is 20.9 Å². The standard InChI is InChI=1S/C22H21N5O2/c1-13-9-10-16(21(28)24-18-12-27(3)26-25-18)11-17(13)23-22(29)20-14(2)19(20)15-7-5-4-6-8-15/h4-12,20H,1-3H3,(H,23,29)(H,24,28). The molecule has 2 N–H and O–H groups in total. The van der Waals surface area contributed by atoms with Crippen molar-refractivity contribution in [3.63, 3.8) is 0 Å². The first-order valence-electron chi connectivity index (χ1n) is 9.29. The maximum absolute atomic E-state index is 12.8. The minimum atomic E-state index is -0.313. The molecule has 0 saturated carbocycles. The number of hydrogen-bond donors (Lipinski definition) is 2. The Hall–Kier alpha value is -3.74. The molecular weight excluding hydrogens is 366 g/mol. The van der Waals surface area contributed by atoms with E-state index in [1.54, 1.807) is 25.4 Å². The molecule has 0 radical (unpaired) electrons. The molecule has 146 valence electrons. The molecule has 0 bridgehead atoms. The van der Waals surface area contributed by atoms with E-state index in [1.165, 1.54) is 4.68 Å². The summed E-state index contributed by atoms with van der Waals surface area (Å²) in [7, 11) is 1.72. The molecule has 3 aromatic rings. The molecule has 4 rings (SSSR count). The lowest BCUT2D eigenvalue weighted by molar-refractivity contribution is -0.116. The highest BCUT2D eigenvalue weighted by atomic mass is 16.2. The van der Waals surface area contributed by atoms with Gasteiger partial charge < -0.3 is 10.6 Å². The van der Waals surface area contributed by atoms with E-state index in [-0.39, 0.29) is 17.7 Å². The topological polar surface area (TPSA) is 88.9 Å². The van der Waals surface area contributed by atoms with Gasteiger partial charge in [0.25, 0.3) is 5.91 Å². The van der Waals surface area contributed by atoms with Gasteiger partial charge in [0.15, 0.2) is 5.82 Å². The van der Waals surface area contributed by atoms with E-state index in [9.17, 15) is 9.59 Å². The number of hydrogen-bond acceptors (Lipinski definition) is 4. The van der Waals surface area contributed by atoms with Gasteiger partial charge >= 0.3 is 0 Å². The van der Waals surface area contributed by atoms with Crippen molar-refractivity contribution in [2.45, 2.75) is 13.8 Å². The first-order chi connectivity index (χ1) is 13.9. The summed E-state index contributed by atoms with van der Waals surface area (Å²) in [6.45, 7) is 3.87. The van der Waals surface area contributed by atoms with Crippen LogP contribution in [0.25, 0.3) is 5.57 Å². The van der Waals surface area contributed by atoms with Crippen LogP contribution in [0.15, 0.2) is 60.3 Å². The number of carbonyl (C=O) groups is 2. The number of nitrogens with one attached hydrogen (secondary N) is 2. The Morgan fingerprint density at radius 2 is 1.79 bits per heavy atom. The lowest BCUT2D eigenvalue weighted by Gasteiger charge is -2.11. The van der Waals surface area contributed by atoms with E-state index in [0.29, 0.717) is 17.1 Å². The number of benzene rings is 2. The predicted octanol–water partition coefficient (Wildman–Crippen LogP) is 3.42. The van der Waals surface area contributed by atoms with E-state index < -0.39 is 0 Å². The van der Waals surface area contributed by atoms with Crippen LogP contribution in [0, 0.1) is 12.8 Å². The summed E-state index contributed by atoms with van der Waals surface area (Å²) >= 11 is 0. The monoisotopic (exact) mass is 387 g/mol. The van der Waals surface area contributed by atoms with E-state index in [1.807, 2.05) is 50.2 Å². The summed E-state index contributed by atoms with van der Waals surface area (Å²) < 4.78 is 1.51. The molecule has 7 heteroatoms. The second kappa shape index (κ2) is 7.35. The highest BCUT2D eigenvalue weighted by molar-refractivity contribution is 6.12. The fraction of sp³-hybridized carbons (Fsp3) is 0.182. The number of amides is 2. The molecule has 1 unspecified atom stereocenters. The zero-order valence-electron chi connectivity index (χ0n) is 16.4. The molecule has 0 fully saturated rings. The van der Waals surface area contributed by atoms with Gasteiger partial charge in [0.05, 0.1) is 12.1 Å². The zero-order chi connectivity index (χ0) is 20.5. The number of aryl methyl sites for hydroxylation is 2. The minimum absolute atomic E-state index is 0.0871. The SMILES string of the molecule is CC1=C(c2ccccc2)C1C(=O)Nc1cc(C(=O)Nc2cn(C)nn2)ccc1C. The van der Waals surface area contributed by atoms with Gasteiger partial charge in [-0.15, -0.1) is 5.10 Å². The Balaban J connectivity index is 1.47. The van der Waals surface area contributed by atoms with Crippen molar-refractivity contribution < 1.29 is 9.59 Å². The number of aromatic nitrogens is 3. The third-order valence-electron chi connectivity index (χ3n) is 5.01. The normalized spacial score (nSPS) is 15.2. The van der Waals surface area contributed by atoms with Crippen LogP contribution >= 0.6 is 0 Å². The summed E-state index contributed by atoms with van der Waals surface area (Å²) in [4.78, 5) is 25.3. The number of nitrogens with zero attached hydrogens (tertiary/aromatic N) is 3. The number of carbonyl (C=O) groups excluding carboxylic acids is 2. The van der Waals surface area contributed by atoms with Crippen molar-refractivity contribution in [1.29, 1.82) is 0 Å². The van der Waals surface area contributed by atoms with Crippen molar-refractivity contribution in [3.05, 3.63) is 77.0 Å². The molecule has 2 amide bonds. The van der Waals surface area contributed by atoms with Crippen molar-refractivity contribution >= 4 is 28.9 Å². The maximum Gasteiger partial charge on any atom is 0.256 e. The van der Waals surface area contributed by atoms with Gasteiger partial charge in [0.1, 0.15) is 0 Å². The number of anilines is 2. The van der Waals surface area contributed by atoms with Gasteiger partial charge in [-0.25, -0.2) is 0 Å². The van der Waals surface area contributed by atoms with Crippen molar-refractivity contribution in [3.8, 4) is 0 Å². The van der Waals surface area contributed by atoms with Crippen molar-refractivity contribution in [2.75, 3.05) is 10.6 Å². The summed E-state index contributed by atoms with van der Waals surface area (Å²) in [6.07, 6.45) is 1.61. The van der Waals surface area contributed by atoms with Gasteiger partial charge in [-0.05, 0) is 42.7 Å². The van der Waals surface area contributed by atoms with Crippen LogP contribution in [-0.4, -0.2) is 26.8 Å². The highest BCUT2D eigenvalue weighted by Gasteiger charge is 2.40. The Labute approximate surface area is 168 Å². The van der Waals surface area contributed by atoms with Gasteiger partial charge in [0.2, 0.25) is 5.91 Å². The number of rotatable bonds is 5. The summed E-state index contributed by atoms with van der Waals surface area (Å²) in [5.74, 6) is -0.259. The van der Waals surface area contributed by atoms with Crippen LogP contribution in [0.1, 0.15) is 28.4 Å². The van der Waals surface area contributed by atoms with Crippen LogP contribution in [0.4, 0.5) is 11.5 Å². The second-order valence-electron chi connectivity index (χ2n) is 7.15. The van der Waals surface area contributed by atoms with Crippen LogP contribution in [0.3, 0.4) is 0 Å². The predicted molar refractivity (Wildman–Crippen MR) is 111 cm³/mol. The molecule has 0 aliphatic heterocycles. The summed E-state index contributed by atoms with van der Waals surface area (Å²) in [5, 5.41) is 13.3. The molecule has 1 aliphatic rings. The van der Waals surface area contributed by atoms with E-state index >= 15 is 0 Å². The molecule has 7 nitrogen and oxygen atoms in total. The van der Waals surface area contributed by atoms with E-state index in [0.717, 1.165) is 22.3 Å². The molecule has 2 aromatic carbocycles. The summed E-state index contributed by atoms with van der Waals surface area (Å²) in [5.41, 5.74) is 5.14. The fourth-order valence-corrected chi connectivity index (χ4v) is 3.37. The summed E-state index contributed by atoms with van der Waals surface area (Å²) in [6, 6.07) is 15.1. The average Bonchev–Trinajstić information content (AvgIpc) is 3.22. The molecule has 0 saturated heterocycles. The van der Waals surface area contributed by atoms with Gasteiger partial charge in [-0.3, -0.25) is 14.3 Å². The molecule has 1 aliphatic carbocycles. The average molecular weight is 387 g/mol. The molecule has 29 heavy (non-hydrogen) atoms. The van der Waals surface area contributed by atoms with Crippen LogP contribution in [0.2, 0.25) is 0 Å². The third-order valence-corrected chi connectivity index (χ3v) is 5.01. The Morgan fingerprint density at radius 3 is 2.48 bits per heavy atom. The van der Waals surface area contributed by atoms with Gasteiger partial charge in [0, 0.05) is 18.3 Å². The second-order valence-corrected chi connectivity index (χ2v) is 7.15. The molecular formula is C22H21N5O2. The van der Waals surface area contributed by atoms with Crippen LogP contribution in [0.5, 0.6) is 0 Å². The van der Waals surface area contributed by atoms with Gasteiger partial charge in [-0.1, -0.05) is 47.2 Å². The molecule has 0 spiro atoms. The molecule has 1 heterocycles. The van der Waals surface area contributed by atoms with Gasteiger partial charge in [-0.2, -0.15) is 0 Å². The molecule has 1 atom stereocenters.